The Balaban J connectivity index is 2.17. The van der Waals surface area contributed by atoms with E-state index in [1.54, 1.807) is 7.11 Å². The highest BCUT2D eigenvalue weighted by Crippen LogP contribution is 2.28. The molecule has 1 atom stereocenters. The van der Waals surface area contributed by atoms with Gasteiger partial charge in [0.1, 0.15) is 11.0 Å². The first kappa shape index (κ1) is 15.7. The summed E-state index contributed by atoms with van der Waals surface area (Å²) in [5.74, 6) is 0.574. The topological polar surface area (TPSA) is 64.2 Å². The van der Waals surface area contributed by atoms with Gasteiger partial charge in [0, 0.05) is 6.07 Å². The number of rotatable bonds is 7. The molecule has 6 heteroatoms. The summed E-state index contributed by atoms with van der Waals surface area (Å²) in [5, 5.41) is 0.502. The largest absolute Gasteiger partial charge is 0.497 e. The first-order chi connectivity index (χ1) is 10.2. The zero-order valence-electron chi connectivity index (χ0n) is 12.5. The molecular weight excluding hydrogens is 288 g/mol. The summed E-state index contributed by atoms with van der Waals surface area (Å²) in [5.41, 5.74) is 1.76. The fourth-order valence-electron chi connectivity index (χ4n) is 2.03. The van der Waals surface area contributed by atoms with Crippen molar-refractivity contribution in [2.45, 2.75) is 36.6 Å². The number of H-pyrrole nitrogens is 1. The third-order valence-corrected chi connectivity index (χ3v) is 4.33. The van der Waals surface area contributed by atoms with E-state index in [4.69, 9.17) is 9.47 Å². The number of nitrogens with zero attached hydrogens (tertiary/aromatic N) is 1. The molecule has 0 amide bonds. The quantitative estimate of drug-likeness (QED) is 0.627. The first-order valence-corrected chi connectivity index (χ1v) is 7.84. The lowest BCUT2D eigenvalue weighted by atomic mass is 10.2. The molecule has 0 saturated carbocycles. The van der Waals surface area contributed by atoms with Gasteiger partial charge in [0.15, 0.2) is 5.16 Å². The number of hydrogen-bond acceptors (Lipinski definition) is 5. The molecule has 0 saturated heterocycles. The zero-order valence-corrected chi connectivity index (χ0v) is 13.3. The molecule has 2 rings (SSSR count). The summed E-state index contributed by atoms with van der Waals surface area (Å²) in [7, 11) is 3.05. The normalized spacial score (nSPS) is 12.3. The van der Waals surface area contributed by atoms with Crippen molar-refractivity contribution < 1.29 is 14.3 Å². The van der Waals surface area contributed by atoms with Gasteiger partial charge in [-0.15, -0.1) is 0 Å². The monoisotopic (exact) mass is 308 g/mol. The number of aromatic nitrogens is 2. The van der Waals surface area contributed by atoms with Gasteiger partial charge in [0.2, 0.25) is 0 Å². The smallest absolute Gasteiger partial charge is 0.319 e. The minimum atomic E-state index is -0.225. The summed E-state index contributed by atoms with van der Waals surface area (Å²) < 4.78 is 10.1. The fraction of sp³-hybridized carbons (Fsp3) is 0.467. The Morgan fingerprint density at radius 3 is 2.90 bits per heavy atom. The van der Waals surface area contributed by atoms with E-state index in [-0.39, 0.29) is 11.2 Å². The van der Waals surface area contributed by atoms with Crippen molar-refractivity contribution in [1.29, 1.82) is 0 Å². The number of imidazole rings is 1. The van der Waals surface area contributed by atoms with Crippen molar-refractivity contribution in [3.8, 4) is 5.75 Å². The highest BCUT2D eigenvalue weighted by atomic mass is 32.2. The maximum atomic E-state index is 11.8. The third-order valence-electron chi connectivity index (χ3n) is 3.21. The van der Waals surface area contributed by atoms with Crippen molar-refractivity contribution in [3.63, 3.8) is 0 Å². The van der Waals surface area contributed by atoms with E-state index in [1.807, 2.05) is 18.2 Å². The highest BCUT2D eigenvalue weighted by Gasteiger charge is 2.21. The lowest BCUT2D eigenvalue weighted by molar-refractivity contribution is -0.140. The maximum Gasteiger partial charge on any atom is 0.319 e. The summed E-state index contributed by atoms with van der Waals surface area (Å²) in [6.07, 6.45) is 2.82. The van der Waals surface area contributed by atoms with Gasteiger partial charge < -0.3 is 14.5 Å². The second-order valence-corrected chi connectivity index (χ2v) is 5.89. The average molecular weight is 308 g/mol. The zero-order chi connectivity index (χ0) is 15.2. The Kier molecular flexibility index (Phi) is 5.50. The number of esters is 1. The lowest BCUT2D eigenvalue weighted by Gasteiger charge is -2.11. The number of carbonyl (C=O) groups excluding carboxylic acids is 1. The Labute approximate surface area is 128 Å². The molecule has 0 aliphatic carbocycles. The van der Waals surface area contributed by atoms with Crippen molar-refractivity contribution in [2.24, 2.45) is 0 Å². The molecular formula is C15H20N2O3S. The molecule has 0 radical (unpaired) electrons. The number of methoxy groups -OCH3 is 2. The summed E-state index contributed by atoms with van der Waals surface area (Å²) in [4.78, 5) is 19.6. The number of ether oxygens (including phenoxy) is 2. The van der Waals surface area contributed by atoms with Crippen LogP contribution in [-0.4, -0.2) is 35.4 Å². The minimum absolute atomic E-state index is 0.202. The molecule has 1 N–H and O–H groups in total. The number of thioether (sulfide) groups is 1. The van der Waals surface area contributed by atoms with Gasteiger partial charge in [-0.2, -0.15) is 0 Å². The van der Waals surface area contributed by atoms with Crippen LogP contribution in [0.4, 0.5) is 0 Å². The lowest BCUT2D eigenvalue weighted by Crippen LogP contribution is -2.18. The number of benzene rings is 1. The summed E-state index contributed by atoms with van der Waals surface area (Å²) >= 11 is 1.42. The van der Waals surface area contributed by atoms with Crippen LogP contribution in [0.25, 0.3) is 11.0 Å². The number of fused-ring (bicyclic) bond motifs is 1. The van der Waals surface area contributed by atoms with E-state index in [0.717, 1.165) is 41.2 Å². The van der Waals surface area contributed by atoms with Crippen LogP contribution in [0.5, 0.6) is 5.75 Å². The number of hydrogen-bond donors (Lipinski definition) is 1. The molecule has 0 fully saturated rings. The Bertz CT molecular complexity index is 612. The number of aromatic amines is 1. The van der Waals surface area contributed by atoms with Gasteiger partial charge in [-0.05, 0) is 18.6 Å². The second kappa shape index (κ2) is 7.36. The predicted molar refractivity (Wildman–Crippen MR) is 83.8 cm³/mol. The van der Waals surface area contributed by atoms with Gasteiger partial charge in [-0.3, -0.25) is 4.79 Å². The molecule has 0 aliphatic heterocycles. The van der Waals surface area contributed by atoms with Crippen LogP contribution in [0.1, 0.15) is 26.2 Å². The van der Waals surface area contributed by atoms with Crippen molar-refractivity contribution in [3.05, 3.63) is 18.2 Å². The Hall–Kier alpha value is -1.69. The molecule has 1 aromatic carbocycles. The van der Waals surface area contributed by atoms with Crippen LogP contribution in [0, 0.1) is 0 Å². The number of nitrogens with one attached hydrogen (secondary N) is 1. The van der Waals surface area contributed by atoms with E-state index in [1.165, 1.54) is 18.9 Å². The number of unbranched alkanes of at least 4 members (excludes halogenated alkanes) is 1. The molecule has 21 heavy (non-hydrogen) atoms. The average Bonchev–Trinajstić information content (AvgIpc) is 2.91. The van der Waals surface area contributed by atoms with E-state index < -0.39 is 0 Å². The molecule has 0 bridgehead atoms. The molecule has 5 nitrogen and oxygen atoms in total. The van der Waals surface area contributed by atoms with Crippen LogP contribution >= 0.6 is 11.8 Å². The van der Waals surface area contributed by atoms with Crippen molar-refractivity contribution in [2.75, 3.05) is 14.2 Å². The Morgan fingerprint density at radius 1 is 1.43 bits per heavy atom. The molecule has 114 valence electrons. The van der Waals surface area contributed by atoms with Crippen LogP contribution in [0.3, 0.4) is 0 Å². The van der Waals surface area contributed by atoms with Gasteiger partial charge in [-0.1, -0.05) is 31.5 Å². The van der Waals surface area contributed by atoms with Crippen LogP contribution in [-0.2, 0) is 9.53 Å². The molecule has 0 aliphatic rings. The van der Waals surface area contributed by atoms with Gasteiger partial charge in [-0.25, -0.2) is 4.98 Å². The predicted octanol–water partition coefficient (Wildman–Crippen LogP) is 3.40. The SMILES string of the molecule is CCCCC(Sc1nc2ccc(OC)cc2[nH]1)C(=O)OC. The Morgan fingerprint density at radius 2 is 2.24 bits per heavy atom. The van der Waals surface area contributed by atoms with Crippen molar-refractivity contribution in [1.82, 2.24) is 9.97 Å². The molecule has 1 aromatic heterocycles. The van der Waals surface area contributed by atoms with E-state index >= 15 is 0 Å². The van der Waals surface area contributed by atoms with Crippen molar-refractivity contribution >= 4 is 28.8 Å². The molecule has 1 heterocycles. The minimum Gasteiger partial charge on any atom is -0.497 e. The summed E-state index contributed by atoms with van der Waals surface area (Å²) in [6, 6.07) is 5.66. The highest BCUT2D eigenvalue weighted by molar-refractivity contribution is 8.00. The first-order valence-electron chi connectivity index (χ1n) is 6.96. The molecule has 2 aromatic rings. The van der Waals surface area contributed by atoms with E-state index in [9.17, 15) is 4.79 Å². The second-order valence-electron chi connectivity index (χ2n) is 4.70. The van der Waals surface area contributed by atoms with Crippen LogP contribution in [0.15, 0.2) is 23.4 Å². The van der Waals surface area contributed by atoms with E-state index in [2.05, 4.69) is 16.9 Å². The van der Waals surface area contributed by atoms with Gasteiger partial charge in [0.05, 0.1) is 25.3 Å². The van der Waals surface area contributed by atoms with Gasteiger partial charge in [0.25, 0.3) is 0 Å². The van der Waals surface area contributed by atoms with Gasteiger partial charge >= 0.3 is 5.97 Å². The summed E-state index contributed by atoms with van der Waals surface area (Å²) in [6.45, 7) is 2.10. The van der Waals surface area contributed by atoms with E-state index in [0.29, 0.717) is 0 Å². The molecule has 0 spiro atoms. The van der Waals surface area contributed by atoms with Crippen LogP contribution < -0.4 is 4.74 Å². The fourth-order valence-corrected chi connectivity index (χ4v) is 3.10. The standard InChI is InChI=1S/C15H20N2O3S/c1-4-5-6-13(14(18)20-3)21-15-16-11-8-7-10(19-2)9-12(11)17-15/h7-9,13H,4-6H2,1-3H3,(H,16,17). The number of carbonyl (C=O) groups is 1. The third kappa shape index (κ3) is 3.91. The van der Waals surface area contributed by atoms with Crippen LogP contribution in [0.2, 0.25) is 0 Å². The maximum absolute atomic E-state index is 11.8. The molecule has 1 unspecified atom stereocenters.